The van der Waals surface area contributed by atoms with Crippen LogP contribution >= 0.6 is 0 Å². The number of hydrogen-bond acceptors (Lipinski definition) is 2. The molecule has 20 heavy (non-hydrogen) atoms. The van der Waals surface area contributed by atoms with Crippen LogP contribution in [0.3, 0.4) is 0 Å². The van der Waals surface area contributed by atoms with E-state index in [9.17, 15) is 9.59 Å². The van der Waals surface area contributed by atoms with E-state index < -0.39 is 5.92 Å². The molecule has 0 saturated heterocycles. The van der Waals surface area contributed by atoms with Gasteiger partial charge in [-0.1, -0.05) is 54.1 Å². The first-order valence-electron chi connectivity index (χ1n) is 6.90. The lowest BCUT2D eigenvalue weighted by Crippen LogP contribution is -2.29. The number of aryl methyl sites for hydroxylation is 2. The Bertz CT molecular complexity index is 668. The molecule has 0 aromatic heterocycles. The minimum absolute atomic E-state index is 0.0302. The van der Waals surface area contributed by atoms with Crippen LogP contribution in [0, 0.1) is 12.8 Å². The first-order valence-corrected chi connectivity index (χ1v) is 6.90. The average molecular weight is 264 g/mol. The Hall–Kier alpha value is -2.22. The van der Waals surface area contributed by atoms with Gasteiger partial charge in [-0.05, 0) is 25.3 Å². The van der Waals surface area contributed by atoms with Crippen molar-refractivity contribution < 1.29 is 9.59 Å². The molecule has 0 amide bonds. The highest BCUT2D eigenvalue weighted by Crippen LogP contribution is 2.28. The lowest BCUT2D eigenvalue weighted by Gasteiger charge is -2.22. The molecule has 100 valence electrons. The van der Waals surface area contributed by atoms with E-state index in [0.717, 1.165) is 17.5 Å². The highest BCUT2D eigenvalue weighted by atomic mass is 16.2. The summed E-state index contributed by atoms with van der Waals surface area (Å²) >= 11 is 0. The smallest absolute Gasteiger partial charge is 0.173 e. The maximum absolute atomic E-state index is 12.5. The highest BCUT2D eigenvalue weighted by Gasteiger charge is 2.32. The second kappa shape index (κ2) is 5.04. The van der Waals surface area contributed by atoms with E-state index in [2.05, 4.69) is 0 Å². The van der Waals surface area contributed by atoms with Crippen LogP contribution in [0.5, 0.6) is 0 Å². The topological polar surface area (TPSA) is 34.1 Å². The molecule has 1 aliphatic carbocycles. The predicted molar refractivity (Wildman–Crippen MR) is 78.1 cm³/mol. The van der Waals surface area contributed by atoms with Gasteiger partial charge >= 0.3 is 0 Å². The molecule has 0 heterocycles. The molecule has 1 aliphatic rings. The average Bonchev–Trinajstić information content (AvgIpc) is 2.48. The molecule has 0 radical (unpaired) electrons. The van der Waals surface area contributed by atoms with Gasteiger partial charge < -0.3 is 0 Å². The Kier molecular flexibility index (Phi) is 3.23. The van der Waals surface area contributed by atoms with Gasteiger partial charge in [0.05, 0.1) is 5.92 Å². The number of rotatable bonds is 2. The molecule has 3 rings (SSSR count). The zero-order valence-electron chi connectivity index (χ0n) is 11.4. The lowest BCUT2D eigenvalue weighted by molar-refractivity contribution is 0.0790. The van der Waals surface area contributed by atoms with E-state index in [0.29, 0.717) is 17.5 Å². The summed E-state index contributed by atoms with van der Waals surface area (Å²) in [5, 5.41) is 0. The normalized spacial score (nSPS) is 17.6. The van der Waals surface area contributed by atoms with Gasteiger partial charge in [-0.3, -0.25) is 9.59 Å². The van der Waals surface area contributed by atoms with E-state index in [1.807, 2.05) is 55.5 Å². The van der Waals surface area contributed by atoms with Crippen molar-refractivity contribution in [3.05, 3.63) is 70.8 Å². The summed E-state index contributed by atoms with van der Waals surface area (Å²) in [6, 6.07) is 15.0. The van der Waals surface area contributed by atoms with Gasteiger partial charge in [0.1, 0.15) is 0 Å². The fourth-order valence-corrected chi connectivity index (χ4v) is 2.77. The van der Waals surface area contributed by atoms with E-state index in [1.54, 1.807) is 0 Å². The third kappa shape index (κ3) is 2.18. The van der Waals surface area contributed by atoms with Crippen LogP contribution in [0.1, 0.15) is 38.3 Å². The van der Waals surface area contributed by atoms with Gasteiger partial charge in [0.15, 0.2) is 11.6 Å². The molecule has 1 unspecified atom stereocenters. The van der Waals surface area contributed by atoms with Crippen molar-refractivity contribution in [1.82, 2.24) is 0 Å². The Labute approximate surface area is 118 Å². The zero-order valence-corrected chi connectivity index (χ0v) is 11.4. The first kappa shape index (κ1) is 12.8. The lowest BCUT2D eigenvalue weighted by atomic mass is 9.79. The second-order valence-corrected chi connectivity index (χ2v) is 5.34. The zero-order chi connectivity index (χ0) is 14.1. The van der Waals surface area contributed by atoms with Crippen LogP contribution in [0.2, 0.25) is 0 Å². The maximum Gasteiger partial charge on any atom is 0.173 e. The summed E-state index contributed by atoms with van der Waals surface area (Å²) < 4.78 is 0. The predicted octanol–water partition coefficient (Wildman–Crippen LogP) is 3.62. The van der Waals surface area contributed by atoms with Crippen LogP contribution in [0.4, 0.5) is 0 Å². The van der Waals surface area contributed by atoms with Crippen molar-refractivity contribution in [2.75, 3.05) is 0 Å². The molecular weight excluding hydrogens is 248 g/mol. The van der Waals surface area contributed by atoms with Gasteiger partial charge in [0.2, 0.25) is 0 Å². The van der Waals surface area contributed by atoms with Crippen molar-refractivity contribution in [3.63, 3.8) is 0 Å². The number of carbonyl (C=O) groups is 2. The summed E-state index contributed by atoms with van der Waals surface area (Å²) in [5.41, 5.74) is 3.52. The Morgan fingerprint density at radius 1 is 1.05 bits per heavy atom. The van der Waals surface area contributed by atoms with E-state index >= 15 is 0 Å². The van der Waals surface area contributed by atoms with E-state index in [-0.39, 0.29) is 11.6 Å². The van der Waals surface area contributed by atoms with Gasteiger partial charge in [-0.25, -0.2) is 0 Å². The number of fused-ring (bicyclic) bond motifs is 1. The number of hydrogen-bond donors (Lipinski definition) is 0. The van der Waals surface area contributed by atoms with Crippen LogP contribution < -0.4 is 0 Å². The Balaban J connectivity index is 1.91. The third-order valence-electron chi connectivity index (χ3n) is 3.95. The fraction of sp³-hybridized carbons (Fsp3) is 0.222. The molecule has 0 fully saturated rings. The first-order chi connectivity index (χ1) is 9.66. The quantitative estimate of drug-likeness (QED) is 0.613. The van der Waals surface area contributed by atoms with Crippen molar-refractivity contribution in [2.24, 2.45) is 5.92 Å². The van der Waals surface area contributed by atoms with E-state index in [4.69, 9.17) is 0 Å². The molecule has 2 aromatic rings. The van der Waals surface area contributed by atoms with Crippen LogP contribution in [-0.4, -0.2) is 11.6 Å². The molecule has 0 aliphatic heterocycles. The number of Topliss-reactive ketones (excluding diaryl/α,β-unsaturated/α-hetero) is 2. The number of benzene rings is 2. The van der Waals surface area contributed by atoms with Gasteiger partial charge in [0, 0.05) is 11.1 Å². The molecular formula is C18H16O2. The second-order valence-electron chi connectivity index (χ2n) is 5.34. The molecule has 2 heteroatoms. The minimum atomic E-state index is -0.521. The van der Waals surface area contributed by atoms with Gasteiger partial charge in [-0.2, -0.15) is 0 Å². The van der Waals surface area contributed by atoms with Crippen molar-refractivity contribution in [3.8, 4) is 0 Å². The Morgan fingerprint density at radius 3 is 2.50 bits per heavy atom. The van der Waals surface area contributed by atoms with Crippen LogP contribution in [0.15, 0.2) is 48.5 Å². The number of ketones is 2. The standard InChI is InChI=1S/C18H16O2/c1-12-6-8-14(9-7-12)17(19)16-11-10-13-4-2-3-5-15(13)18(16)20/h2-9,16H,10-11H2,1H3. The van der Waals surface area contributed by atoms with Gasteiger partial charge in [-0.15, -0.1) is 0 Å². The molecule has 0 bridgehead atoms. The Morgan fingerprint density at radius 2 is 1.75 bits per heavy atom. The molecule has 1 atom stereocenters. The SMILES string of the molecule is Cc1ccc(C(=O)C2CCc3ccccc3C2=O)cc1. The van der Waals surface area contributed by atoms with Crippen LogP contribution in [0.25, 0.3) is 0 Å². The summed E-state index contributed by atoms with van der Waals surface area (Å²) in [4.78, 5) is 25.0. The van der Waals surface area contributed by atoms with E-state index in [1.165, 1.54) is 0 Å². The monoisotopic (exact) mass is 264 g/mol. The molecule has 0 spiro atoms. The van der Waals surface area contributed by atoms with Crippen LogP contribution in [-0.2, 0) is 6.42 Å². The third-order valence-corrected chi connectivity index (χ3v) is 3.95. The number of carbonyl (C=O) groups excluding carboxylic acids is 2. The highest BCUT2D eigenvalue weighted by molar-refractivity contribution is 6.17. The maximum atomic E-state index is 12.5. The minimum Gasteiger partial charge on any atom is -0.293 e. The molecule has 2 nitrogen and oxygen atoms in total. The largest absolute Gasteiger partial charge is 0.293 e. The van der Waals surface area contributed by atoms with Gasteiger partial charge in [0.25, 0.3) is 0 Å². The molecule has 0 saturated carbocycles. The fourth-order valence-electron chi connectivity index (χ4n) is 2.77. The van der Waals surface area contributed by atoms with Crippen molar-refractivity contribution >= 4 is 11.6 Å². The molecule has 2 aromatic carbocycles. The van der Waals surface area contributed by atoms with Crippen molar-refractivity contribution in [2.45, 2.75) is 19.8 Å². The summed E-state index contributed by atoms with van der Waals surface area (Å²) in [5.74, 6) is -0.602. The summed E-state index contributed by atoms with van der Waals surface area (Å²) in [7, 11) is 0. The van der Waals surface area contributed by atoms with Crippen molar-refractivity contribution in [1.29, 1.82) is 0 Å². The molecule has 0 N–H and O–H groups in total. The summed E-state index contributed by atoms with van der Waals surface area (Å²) in [6.45, 7) is 1.98. The summed E-state index contributed by atoms with van der Waals surface area (Å²) in [6.07, 6.45) is 1.41.